The average Bonchev–Trinajstić information content (AvgIpc) is 1.65. The van der Waals surface area contributed by atoms with Gasteiger partial charge in [-0.1, -0.05) is 70.2 Å². The van der Waals surface area contributed by atoms with Crippen LogP contribution >= 0.6 is 7.92 Å². The van der Waals surface area contributed by atoms with Gasteiger partial charge in [-0.3, -0.25) is 18.8 Å². The first-order chi connectivity index (χ1) is 7.37. The Labute approximate surface area is 166 Å². The van der Waals surface area contributed by atoms with E-state index in [0.29, 0.717) is 15.5 Å². The van der Waals surface area contributed by atoms with Crippen molar-refractivity contribution >= 4 is 7.92 Å². The zero-order valence-electron chi connectivity index (χ0n) is 18.5. The molecule has 0 spiro atoms. The van der Waals surface area contributed by atoms with Gasteiger partial charge in [-0.05, 0) is 36.2 Å². The molecular weight excluding hydrogens is 338 g/mol. The Balaban J connectivity index is -0.0000000347. The molecule has 0 heterocycles. The molecule has 0 radical (unpaired) electrons. The molecule has 0 rings (SSSR count). The molecule has 0 amide bonds. The van der Waals surface area contributed by atoms with Crippen molar-refractivity contribution in [3.05, 3.63) is 0 Å². The summed E-state index contributed by atoms with van der Waals surface area (Å²) >= 11 is 0. The zero-order valence-corrected chi connectivity index (χ0v) is 20.4. The van der Waals surface area contributed by atoms with Crippen molar-refractivity contribution < 1.29 is 54.9 Å². The fourth-order valence-corrected chi connectivity index (χ4v) is 9.06. The molecular formula is C16H42F4NaOP. The number of hydrogen-bond acceptors (Lipinski definition) is 1. The van der Waals surface area contributed by atoms with E-state index < -0.39 is 5.60 Å². The molecule has 0 atom stereocenters. The Hall–Kier alpha value is 1.11. The molecule has 0 aliphatic heterocycles. The average molecular weight is 380 g/mol. The number of aliphatic hydroxyl groups is 1. The summed E-state index contributed by atoms with van der Waals surface area (Å²) in [6, 6.07) is 0. The Bertz CT molecular complexity index is 217. The second-order valence-electron chi connectivity index (χ2n) is 9.02. The first kappa shape index (κ1) is 44.0. The number of rotatable bonds is 0. The Morgan fingerprint density at radius 1 is 0.522 bits per heavy atom. The van der Waals surface area contributed by atoms with Crippen molar-refractivity contribution in [2.45, 2.75) is 104 Å². The standard InChI is InChI=1S/C12H27P.C4H10O.4FH.Na.H/c1-10(2,3)13(11(4,5)6)12(7,8)9;1-4(2,3)5;;;;;;/h1-9H3;5H,1-3H3;4*1H;;/q;;;;;;+1;-1. The molecule has 0 saturated heterocycles. The van der Waals surface area contributed by atoms with Gasteiger partial charge < -0.3 is 6.53 Å². The van der Waals surface area contributed by atoms with Crippen LogP contribution in [0.5, 0.6) is 0 Å². The van der Waals surface area contributed by atoms with Crippen molar-refractivity contribution in [3.63, 3.8) is 0 Å². The summed E-state index contributed by atoms with van der Waals surface area (Å²) in [5.74, 6) is 0. The fourth-order valence-electron chi connectivity index (χ4n) is 3.02. The summed E-state index contributed by atoms with van der Waals surface area (Å²) < 4.78 is 0. The SMILES string of the molecule is CC(C)(C)O.CC(C)(C)P(C(C)(C)C)C(C)(C)C.F.F.F.F.[H-].[Na+]. The van der Waals surface area contributed by atoms with E-state index in [1.165, 1.54) is 0 Å². The van der Waals surface area contributed by atoms with Gasteiger partial charge in [-0.25, -0.2) is 0 Å². The van der Waals surface area contributed by atoms with Crippen molar-refractivity contribution in [2.24, 2.45) is 0 Å². The molecule has 0 unspecified atom stereocenters. The summed E-state index contributed by atoms with van der Waals surface area (Å²) in [6.07, 6.45) is 0. The van der Waals surface area contributed by atoms with Gasteiger partial charge >= 0.3 is 29.6 Å². The topological polar surface area (TPSA) is 20.2 Å². The van der Waals surface area contributed by atoms with Gasteiger partial charge in [0.1, 0.15) is 0 Å². The number of hydrogen-bond donors (Lipinski definition) is 1. The minimum atomic E-state index is -0.500. The molecule has 0 aliphatic carbocycles. The third kappa shape index (κ3) is 28.2. The first-order valence-corrected chi connectivity index (χ1v) is 8.24. The molecule has 0 aliphatic rings. The second kappa shape index (κ2) is 14.3. The van der Waals surface area contributed by atoms with E-state index in [0.717, 1.165) is 0 Å². The monoisotopic (exact) mass is 380 g/mol. The fraction of sp³-hybridized carbons (Fsp3) is 1.00. The van der Waals surface area contributed by atoms with Gasteiger partial charge in [0, 0.05) is 0 Å². The van der Waals surface area contributed by atoms with Crippen LogP contribution in [0.15, 0.2) is 0 Å². The Kier molecular flexibility index (Phi) is 27.3. The largest absolute Gasteiger partial charge is 1.00 e. The van der Waals surface area contributed by atoms with Crippen molar-refractivity contribution in [1.29, 1.82) is 0 Å². The van der Waals surface area contributed by atoms with Crippen LogP contribution in [0.1, 0.15) is 84.5 Å². The van der Waals surface area contributed by atoms with E-state index >= 15 is 0 Å². The van der Waals surface area contributed by atoms with Crippen LogP contribution in [0.2, 0.25) is 0 Å². The minimum Gasteiger partial charge on any atom is -1.00 e. The maximum atomic E-state index is 8.52. The van der Waals surface area contributed by atoms with E-state index in [2.05, 4.69) is 62.3 Å². The smallest absolute Gasteiger partial charge is 1.00 e. The Morgan fingerprint density at radius 2 is 0.609 bits per heavy atom. The third-order valence-corrected chi connectivity index (χ3v) is 6.04. The molecule has 0 aromatic rings. The van der Waals surface area contributed by atoms with E-state index in [4.69, 9.17) is 5.11 Å². The van der Waals surface area contributed by atoms with Crippen molar-refractivity contribution in [2.75, 3.05) is 0 Å². The molecule has 0 bridgehead atoms. The maximum absolute atomic E-state index is 8.52. The van der Waals surface area contributed by atoms with Crippen LogP contribution in [0, 0.1) is 0 Å². The summed E-state index contributed by atoms with van der Waals surface area (Å²) in [7, 11) is 0.0162. The molecule has 146 valence electrons. The van der Waals surface area contributed by atoms with Crippen LogP contribution in [0.25, 0.3) is 0 Å². The summed E-state index contributed by atoms with van der Waals surface area (Å²) in [4.78, 5) is 0. The predicted octanol–water partition coefficient (Wildman–Crippen LogP) is 3.37. The van der Waals surface area contributed by atoms with Crippen molar-refractivity contribution in [3.8, 4) is 0 Å². The van der Waals surface area contributed by atoms with E-state index in [-0.39, 0.29) is 57.7 Å². The van der Waals surface area contributed by atoms with Crippen molar-refractivity contribution in [1.82, 2.24) is 0 Å². The van der Waals surface area contributed by atoms with Gasteiger partial charge in [-0.2, -0.15) is 0 Å². The minimum absolute atomic E-state index is 0. The van der Waals surface area contributed by atoms with Gasteiger partial charge in [0.25, 0.3) is 0 Å². The molecule has 23 heavy (non-hydrogen) atoms. The Morgan fingerprint density at radius 3 is 0.609 bits per heavy atom. The quantitative estimate of drug-likeness (QED) is 0.388. The van der Waals surface area contributed by atoms with E-state index in [1.54, 1.807) is 20.8 Å². The molecule has 0 aromatic carbocycles. The third-order valence-electron chi connectivity index (χ3n) is 2.01. The maximum Gasteiger partial charge on any atom is 1.00 e. The van der Waals surface area contributed by atoms with Crippen LogP contribution in [0.4, 0.5) is 18.8 Å². The van der Waals surface area contributed by atoms with Crippen LogP contribution < -0.4 is 29.6 Å². The zero-order chi connectivity index (χ0) is 15.6. The second-order valence-corrected chi connectivity index (χ2v) is 13.7. The number of halogens is 4. The molecule has 1 nitrogen and oxygen atoms in total. The van der Waals surface area contributed by atoms with E-state index in [9.17, 15) is 0 Å². The predicted molar refractivity (Wildman–Crippen MR) is 99.3 cm³/mol. The van der Waals surface area contributed by atoms with Gasteiger partial charge in [0.15, 0.2) is 0 Å². The normalized spacial score (nSPS) is 11.2. The summed E-state index contributed by atoms with van der Waals surface area (Å²) in [6.45, 7) is 26.7. The first-order valence-electron chi connectivity index (χ1n) is 6.89. The van der Waals surface area contributed by atoms with Crippen LogP contribution in [-0.4, -0.2) is 26.2 Å². The molecule has 0 fully saturated rings. The summed E-state index contributed by atoms with van der Waals surface area (Å²) in [5.41, 5.74) is -0.500. The molecule has 7 heteroatoms. The molecule has 0 saturated carbocycles. The van der Waals surface area contributed by atoms with Gasteiger partial charge in [0.2, 0.25) is 0 Å². The van der Waals surface area contributed by atoms with Gasteiger partial charge in [-0.15, -0.1) is 0 Å². The molecule has 0 aromatic heterocycles. The van der Waals surface area contributed by atoms with Gasteiger partial charge in [0.05, 0.1) is 5.60 Å². The van der Waals surface area contributed by atoms with Crippen LogP contribution in [-0.2, 0) is 0 Å². The summed E-state index contributed by atoms with van der Waals surface area (Å²) in [5, 5.41) is 9.87. The molecule has 1 N–H and O–H groups in total. The van der Waals surface area contributed by atoms with E-state index in [1.807, 2.05) is 0 Å². The van der Waals surface area contributed by atoms with Crippen LogP contribution in [0.3, 0.4) is 0 Å².